The van der Waals surface area contributed by atoms with Crippen molar-refractivity contribution in [3.63, 3.8) is 0 Å². The van der Waals surface area contributed by atoms with Crippen molar-refractivity contribution in [2.45, 2.75) is 32.4 Å². The van der Waals surface area contributed by atoms with E-state index in [9.17, 15) is 9.59 Å². The van der Waals surface area contributed by atoms with Crippen LogP contribution in [0.25, 0.3) is 17.0 Å². The van der Waals surface area contributed by atoms with Crippen molar-refractivity contribution >= 4 is 17.3 Å². The number of nitrogens with zero attached hydrogens (tertiary/aromatic N) is 3. The Morgan fingerprint density at radius 1 is 0.966 bits per heavy atom. The normalized spacial score (nSPS) is 19.8. The lowest BCUT2D eigenvalue weighted by Gasteiger charge is -2.27. The van der Waals surface area contributed by atoms with E-state index < -0.39 is 23.2 Å². The van der Waals surface area contributed by atoms with Gasteiger partial charge in [0.1, 0.15) is 23.1 Å². The maximum atomic E-state index is 13.0. The summed E-state index contributed by atoms with van der Waals surface area (Å²) in [6.07, 6.45) is 1.80. The fraction of sp³-hybridized carbons (Fsp3) is 0.217. The Morgan fingerprint density at radius 3 is 2.38 bits per heavy atom. The zero-order valence-corrected chi connectivity index (χ0v) is 16.3. The van der Waals surface area contributed by atoms with Gasteiger partial charge in [0.05, 0.1) is 11.8 Å². The molecule has 0 fully saturated rings. The molecule has 0 saturated heterocycles. The van der Waals surface area contributed by atoms with Crippen LogP contribution in [0.15, 0.2) is 60.3 Å². The molecule has 29 heavy (non-hydrogen) atoms. The fourth-order valence-electron chi connectivity index (χ4n) is 4.11. The fourth-order valence-corrected chi connectivity index (χ4v) is 4.11. The lowest BCUT2D eigenvalue weighted by Crippen LogP contribution is -2.35. The number of rotatable bonds is 2. The summed E-state index contributed by atoms with van der Waals surface area (Å²) in [7, 11) is 0. The lowest BCUT2D eigenvalue weighted by atomic mass is 9.83. The second-order valence-electron chi connectivity index (χ2n) is 8.00. The van der Waals surface area contributed by atoms with Crippen LogP contribution in [0, 0.1) is 6.92 Å². The minimum Gasteiger partial charge on any atom is -0.484 e. The number of aromatic nitrogens is 3. The second-order valence-corrected chi connectivity index (χ2v) is 8.00. The van der Waals surface area contributed by atoms with E-state index in [2.05, 4.69) is 10.3 Å². The molecule has 3 aromatic rings. The van der Waals surface area contributed by atoms with E-state index in [-0.39, 0.29) is 0 Å². The van der Waals surface area contributed by atoms with Crippen LogP contribution in [-0.2, 0) is 9.53 Å². The lowest BCUT2D eigenvalue weighted by molar-refractivity contribution is -0.112. The van der Waals surface area contributed by atoms with Crippen molar-refractivity contribution in [2.24, 2.45) is 0 Å². The average molecular weight is 385 g/mol. The Balaban J connectivity index is 1.64. The highest BCUT2D eigenvalue weighted by Gasteiger charge is 2.52. The van der Waals surface area contributed by atoms with Crippen LogP contribution in [0.4, 0.5) is 0 Å². The summed E-state index contributed by atoms with van der Waals surface area (Å²) in [5.74, 6) is -0.584. The predicted octanol–water partition coefficient (Wildman–Crippen LogP) is 3.78. The first-order valence-corrected chi connectivity index (χ1v) is 9.47. The monoisotopic (exact) mass is 385 g/mol. The molecule has 0 bridgehead atoms. The van der Waals surface area contributed by atoms with Gasteiger partial charge in [0, 0.05) is 16.7 Å². The van der Waals surface area contributed by atoms with Crippen LogP contribution in [0.1, 0.15) is 41.4 Å². The summed E-state index contributed by atoms with van der Waals surface area (Å²) in [5, 5.41) is 8.58. The number of carbonyl (C=O) groups excluding carboxylic acids is 2. The Labute approximate surface area is 167 Å². The van der Waals surface area contributed by atoms with Crippen LogP contribution < -0.4 is 0 Å². The Kier molecular flexibility index (Phi) is 3.62. The number of carbonyl (C=O) groups is 2. The molecule has 1 atom stereocenters. The van der Waals surface area contributed by atoms with E-state index in [0.29, 0.717) is 28.2 Å². The van der Waals surface area contributed by atoms with Gasteiger partial charge in [-0.25, -0.2) is 4.68 Å². The minimum atomic E-state index is -0.768. The van der Waals surface area contributed by atoms with Gasteiger partial charge in [-0.05, 0) is 20.8 Å². The highest BCUT2D eigenvalue weighted by Crippen LogP contribution is 2.49. The van der Waals surface area contributed by atoms with Gasteiger partial charge < -0.3 is 4.74 Å². The number of ether oxygens (including phenoxy) is 1. The highest BCUT2D eigenvalue weighted by molar-refractivity contribution is 6.52. The summed E-state index contributed by atoms with van der Waals surface area (Å²) in [5.41, 5.74) is 3.41. The van der Waals surface area contributed by atoms with Gasteiger partial charge in [-0.3, -0.25) is 9.59 Å². The third-order valence-corrected chi connectivity index (χ3v) is 5.53. The zero-order chi connectivity index (χ0) is 20.3. The van der Waals surface area contributed by atoms with Crippen LogP contribution in [0.2, 0.25) is 0 Å². The predicted molar refractivity (Wildman–Crippen MR) is 107 cm³/mol. The van der Waals surface area contributed by atoms with Gasteiger partial charge in [0.25, 0.3) is 0 Å². The van der Waals surface area contributed by atoms with Gasteiger partial charge in [-0.2, -0.15) is 0 Å². The molecule has 2 aliphatic rings. The highest BCUT2D eigenvalue weighted by atomic mass is 16.5. The summed E-state index contributed by atoms with van der Waals surface area (Å²) in [6, 6.07) is 14.5. The molecule has 1 aliphatic heterocycles. The quantitative estimate of drug-likeness (QED) is 0.628. The number of hydrogen-bond donors (Lipinski definition) is 0. The standard InChI is InChI=1S/C23H19N3O3/c1-13-8-10-14(11-9-13)17-12-26(25-24-17)22-18-20(28)19(27)15-6-4-5-7-16(15)21(18)29-23(22,2)3/h4-12,22H,1-3H3. The molecular formula is C23H19N3O3. The van der Waals surface area contributed by atoms with Gasteiger partial charge >= 0.3 is 0 Å². The Bertz CT molecular complexity index is 1200. The molecule has 5 rings (SSSR count). The third kappa shape index (κ3) is 2.56. The van der Waals surface area contributed by atoms with Crippen molar-refractivity contribution in [1.29, 1.82) is 0 Å². The van der Waals surface area contributed by atoms with Gasteiger partial charge in [-0.15, -0.1) is 5.10 Å². The van der Waals surface area contributed by atoms with Crippen molar-refractivity contribution in [3.05, 3.63) is 77.0 Å². The molecule has 0 saturated carbocycles. The van der Waals surface area contributed by atoms with Crippen molar-refractivity contribution in [1.82, 2.24) is 15.0 Å². The molecule has 0 spiro atoms. The smallest absolute Gasteiger partial charge is 0.235 e. The summed E-state index contributed by atoms with van der Waals surface area (Å²) < 4.78 is 7.85. The first kappa shape index (κ1) is 17.6. The molecule has 1 aromatic heterocycles. The third-order valence-electron chi connectivity index (χ3n) is 5.53. The first-order chi connectivity index (χ1) is 13.9. The zero-order valence-electron chi connectivity index (χ0n) is 16.3. The first-order valence-electron chi connectivity index (χ1n) is 9.47. The SMILES string of the molecule is Cc1ccc(-c2cn(C3C4=C(OC3(C)C)c3ccccc3C(=O)C4=O)nn2)cc1. The van der Waals surface area contributed by atoms with E-state index in [4.69, 9.17) is 4.74 Å². The maximum Gasteiger partial charge on any atom is 0.235 e. The van der Waals surface area contributed by atoms with E-state index in [1.807, 2.05) is 57.2 Å². The summed E-state index contributed by atoms with van der Waals surface area (Å²) in [4.78, 5) is 25.7. The molecule has 6 heteroatoms. The molecule has 2 heterocycles. The van der Waals surface area contributed by atoms with E-state index in [1.165, 1.54) is 0 Å². The molecule has 0 amide bonds. The number of benzene rings is 2. The van der Waals surface area contributed by atoms with E-state index >= 15 is 0 Å². The van der Waals surface area contributed by atoms with E-state index in [1.54, 1.807) is 23.0 Å². The molecule has 6 nitrogen and oxygen atoms in total. The number of aryl methyl sites for hydroxylation is 1. The topological polar surface area (TPSA) is 74.1 Å². The number of hydrogen-bond acceptors (Lipinski definition) is 5. The van der Waals surface area contributed by atoms with Crippen LogP contribution >= 0.6 is 0 Å². The number of fused-ring (bicyclic) bond motifs is 2. The molecule has 0 N–H and O–H groups in total. The van der Waals surface area contributed by atoms with Crippen LogP contribution in [0.3, 0.4) is 0 Å². The Morgan fingerprint density at radius 2 is 1.66 bits per heavy atom. The number of ketones is 2. The van der Waals surface area contributed by atoms with Gasteiger partial charge in [0.15, 0.2) is 0 Å². The van der Waals surface area contributed by atoms with Crippen LogP contribution in [-0.4, -0.2) is 32.2 Å². The molecular weight excluding hydrogens is 366 g/mol. The molecule has 144 valence electrons. The second kappa shape index (κ2) is 5.98. The summed E-state index contributed by atoms with van der Waals surface area (Å²) in [6.45, 7) is 5.81. The van der Waals surface area contributed by atoms with Gasteiger partial charge in [-0.1, -0.05) is 59.3 Å². The van der Waals surface area contributed by atoms with Crippen molar-refractivity contribution in [2.75, 3.05) is 0 Å². The van der Waals surface area contributed by atoms with Gasteiger partial charge in [0.2, 0.25) is 11.6 Å². The molecule has 1 unspecified atom stereocenters. The molecule has 2 aromatic carbocycles. The van der Waals surface area contributed by atoms with E-state index in [0.717, 1.165) is 11.1 Å². The Hall–Kier alpha value is -3.54. The average Bonchev–Trinajstić information content (AvgIpc) is 3.28. The largest absolute Gasteiger partial charge is 0.484 e. The summed E-state index contributed by atoms with van der Waals surface area (Å²) >= 11 is 0. The molecule has 1 aliphatic carbocycles. The molecule has 0 radical (unpaired) electrons. The number of Topliss-reactive ketones (excluding diaryl/α,β-unsaturated/α-hetero) is 2. The maximum absolute atomic E-state index is 13.0. The van der Waals surface area contributed by atoms with Crippen molar-refractivity contribution in [3.8, 4) is 11.3 Å². The minimum absolute atomic E-state index is 0.346. The van der Waals surface area contributed by atoms with Crippen LogP contribution in [0.5, 0.6) is 0 Å². The van der Waals surface area contributed by atoms with Crippen molar-refractivity contribution < 1.29 is 14.3 Å².